The molecule has 0 aliphatic carbocycles. The van der Waals surface area contributed by atoms with Gasteiger partial charge in [-0.25, -0.2) is 0 Å². The van der Waals surface area contributed by atoms with Gasteiger partial charge in [0.25, 0.3) is 0 Å². The first kappa shape index (κ1) is 12.0. The fraction of sp³-hybridized carbons (Fsp3) is 0.600. The van der Waals surface area contributed by atoms with E-state index in [0.717, 1.165) is 26.2 Å². The first-order chi connectivity index (χ1) is 8.75. The molecule has 98 valence electrons. The number of piperazine rings is 1. The van der Waals surface area contributed by atoms with Crippen molar-refractivity contribution in [3.63, 3.8) is 0 Å². The van der Waals surface area contributed by atoms with Gasteiger partial charge in [-0.15, -0.1) is 0 Å². The highest BCUT2D eigenvalue weighted by atomic mass is 15.3. The highest BCUT2D eigenvalue weighted by Crippen LogP contribution is 2.28. The van der Waals surface area contributed by atoms with Crippen molar-refractivity contribution in [2.75, 3.05) is 38.1 Å². The van der Waals surface area contributed by atoms with Crippen LogP contribution in [0.4, 0.5) is 5.69 Å². The molecule has 0 saturated carbocycles. The van der Waals surface area contributed by atoms with Crippen molar-refractivity contribution >= 4 is 5.69 Å². The molecule has 18 heavy (non-hydrogen) atoms. The van der Waals surface area contributed by atoms with Crippen LogP contribution < -0.4 is 10.2 Å². The first-order valence-corrected chi connectivity index (χ1v) is 7.02. The summed E-state index contributed by atoms with van der Waals surface area (Å²) >= 11 is 0. The minimum absolute atomic E-state index is 0.649. The fourth-order valence-electron chi connectivity index (χ4n) is 3.08. The molecule has 0 bridgehead atoms. The minimum Gasteiger partial charge on any atom is -0.368 e. The highest BCUT2D eigenvalue weighted by Gasteiger charge is 2.23. The van der Waals surface area contributed by atoms with Gasteiger partial charge in [0.05, 0.1) is 0 Å². The van der Waals surface area contributed by atoms with Gasteiger partial charge in [-0.05, 0) is 44.1 Å². The first-order valence-electron chi connectivity index (χ1n) is 7.02. The Morgan fingerprint density at radius 3 is 3.00 bits per heavy atom. The van der Waals surface area contributed by atoms with Crippen molar-refractivity contribution in [2.24, 2.45) is 0 Å². The van der Waals surface area contributed by atoms with E-state index in [2.05, 4.69) is 47.3 Å². The molecule has 1 aromatic rings. The van der Waals surface area contributed by atoms with Crippen molar-refractivity contribution in [1.29, 1.82) is 0 Å². The maximum absolute atomic E-state index is 3.46. The Kier molecular flexibility index (Phi) is 3.27. The molecule has 0 spiro atoms. The van der Waals surface area contributed by atoms with Gasteiger partial charge in [-0.1, -0.05) is 12.1 Å². The molecule has 1 unspecified atom stereocenters. The van der Waals surface area contributed by atoms with E-state index in [9.17, 15) is 0 Å². The van der Waals surface area contributed by atoms with Crippen LogP contribution in [0.2, 0.25) is 0 Å². The summed E-state index contributed by atoms with van der Waals surface area (Å²) in [4.78, 5) is 5.03. The van der Waals surface area contributed by atoms with Crippen LogP contribution in [0.1, 0.15) is 18.1 Å². The number of anilines is 1. The zero-order chi connectivity index (χ0) is 12.5. The van der Waals surface area contributed by atoms with E-state index in [4.69, 9.17) is 0 Å². The molecule has 0 aromatic heterocycles. The number of nitrogens with zero attached hydrogens (tertiary/aromatic N) is 2. The average Bonchev–Trinajstić information content (AvgIpc) is 2.41. The third-order valence-corrected chi connectivity index (χ3v) is 4.42. The SMILES string of the molecule is CC1CN(c2cccc3c2CCNC3)CCN1C. The van der Waals surface area contributed by atoms with Crippen LogP contribution >= 0.6 is 0 Å². The van der Waals surface area contributed by atoms with E-state index < -0.39 is 0 Å². The van der Waals surface area contributed by atoms with Gasteiger partial charge in [0, 0.05) is 37.9 Å². The minimum atomic E-state index is 0.649. The molecule has 1 N–H and O–H groups in total. The van der Waals surface area contributed by atoms with Crippen molar-refractivity contribution in [1.82, 2.24) is 10.2 Å². The lowest BCUT2D eigenvalue weighted by molar-refractivity contribution is 0.234. The molecule has 3 heteroatoms. The van der Waals surface area contributed by atoms with Gasteiger partial charge in [0.1, 0.15) is 0 Å². The Bertz CT molecular complexity index is 430. The van der Waals surface area contributed by atoms with Crippen molar-refractivity contribution in [2.45, 2.75) is 25.9 Å². The van der Waals surface area contributed by atoms with Crippen LogP contribution in [0.15, 0.2) is 18.2 Å². The molecule has 1 fully saturated rings. The third-order valence-electron chi connectivity index (χ3n) is 4.42. The molecule has 0 amide bonds. The summed E-state index contributed by atoms with van der Waals surface area (Å²) in [5.41, 5.74) is 4.55. The summed E-state index contributed by atoms with van der Waals surface area (Å²) in [5.74, 6) is 0. The lowest BCUT2D eigenvalue weighted by atomic mass is 9.97. The Morgan fingerprint density at radius 2 is 2.17 bits per heavy atom. The Balaban J connectivity index is 1.88. The van der Waals surface area contributed by atoms with E-state index in [1.165, 1.54) is 24.2 Å². The second kappa shape index (κ2) is 4.90. The smallest absolute Gasteiger partial charge is 0.0403 e. The number of hydrogen-bond donors (Lipinski definition) is 1. The predicted octanol–water partition coefficient (Wildman–Crippen LogP) is 1.47. The second-order valence-corrected chi connectivity index (χ2v) is 5.62. The van der Waals surface area contributed by atoms with Crippen molar-refractivity contribution in [3.05, 3.63) is 29.3 Å². The summed E-state index contributed by atoms with van der Waals surface area (Å²) < 4.78 is 0. The largest absolute Gasteiger partial charge is 0.368 e. The summed E-state index contributed by atoms with van der Waals surface area (Å²) in [6.45, 7) is 7.96. The summed E-state index contributed by atoms with van der Waals surface area (Å²) in [5, 5.41) is 3.46. The molecule has 3 rings (SSSR count). The highest BCUT2D eigenvalue weighted by molar-refractivity contribution is 5.58. The van der Waals surface area contributed by atoms with Crippen LogP contribution in [0.5, 0.6) is 0 Å². The fourth-order valence-corrected chi connectivity index (χ4v) is 3.08. The Hall–Kier alpha value is -1.06. The normalized spacial score (nSPS) is 25.0. The zero-order valence-electron chi connectivity index (χ0n) is 11.4. The van der Waals surface area contributed by atoms with Crippen LogP contribution in [0, 0.1) is 0 Å². The van der Waals surface area contributed by atoms with Gasteiger partial charge < -0.3 is 15.1 Å². The molecule has 2 heterocycles. The van der Waals surface area contributed by atoms with E-state index in [1.54, 1.807) is 5.56 Å². The van der Waals surface area contributed by atoms with Crippen molar-refractivity contribution < 1.29 is 0 Å². The average molecular weight is 245 g/mol. The summed E-state index contributed by atoms with van der Waals surface area (Å²) in [6.07, 6.45) is 1.17. The summed E-state index contributed by atoms with van der Waals surface area (Å²) in [6, 6.07) is 7.44. The molecular weight excluding hydrogens is 222 g/mol. The zero-order valence-corrected chi connectivity index (χ0v) is 11.4. The van der Waals surface area contributed by atoms with Gasteiger partial charge >= 0.3 is 0 Å². The Morgan fingerprint density at radius 1 is 1.28 bits per heavy atom. The van der Waals surface area contributed by atoms with Crippen LogP contribution in [-0.4, -0.2) is 44.2 Å². The molecule has 2 aliphatic rings. The topological polar surface area (TPSA) is 18.5 Å². The van der Waals surface area contributed by atoms with Gasteiger partial charge in [0.15, 0.2) is 0 Å². The molecule has 3 nitrogen and oxygen atoms in total. The van der Waals surface area contributed by atoms with Crippen LogP contribution in [0.25, 0.3) is 0 Å². The van der Waals surface area contributed by atoms with Crippen LogP contribution in [0.3, 0.4) is 0 Å². The lowest BCUT2D eigenvalue weighted by Crippen LogP contribution is -2.50. The quantitative estimate of drug-likeness (QED) is 0.808. The second-order valence-electron chi connectivity index (χ2n) is 5.62. The number of hydrogen-bond acceptors (Lipinski definition) is 3. The maximum Gasteiger partial charge on any atom is 0.0403 e. The monoisotopic (exact) mass is 245 g/mol. The number of nitrogens with one attached hydrogen (secondary N) is 1. The van der Waals surface area contributed by atoms with Gasteiger partial charge in [-0.2, -0.15) is 0 Å². The summed E-state index contributed by atoms with van der Waals surface area (Å²) in [7, 11) is 2.23. The molecule has 2 aliphatic heterocycles. The molecule has 1 aromatic carbocycles. The van der Waals surface area contributed by atoms with E-state index >= 15 is 0 Å². The molecule has 0 radical (unpaired) electrons. The van der Waals surface area contributed by atoms with E-state index in [0.29, 0.717) is 6.04 Å². The predicted molar refractivity (Wildman–Crippen MR) is 76.2 cm³/mol. The molecular formula is C15H23N3. The van der Waals surface area contributed by atoms with Crippen LogP contribution in [-0.2, 0) is 13.0 Å². The molecule has 1 atom stereocenters. The third kappa shape index (κ3) is 2.13. The van der Waals surface area contributed by atoms with E-state index in [-0.39, 0.29) is 0 Å². The maximum atomic E-state index is 3.46. The number of likely N-dealkylation sites (N-methyl/N-ethyl adjacent to an activating group) is 1. The lowest BCUT2D eigenvalue weighted by Gasteiger charge is -2.40. The molecule has 1 saturated heterocycles. The van der Waals surface area contributed by atoms with Crippen molar-refractivity contribution in [3.8, 4) is 0 Å². The van der Waals surface area contributed by atoms with Gasteiger partial charge in [0.2, 0.25) is 0 Å². The number of benzene rings is 1. The number of rotatable bonds is 1. The Labute approximate surface area is 110 Å². The van der Waals surface area contributed by atoms with E-state index in [1.807, 2.05) is 0 Å². The standard InChI is InChI=1S/C15H23N3/c1-12-11-18(9-8-17(12)2)15-5-3-4-13-10-16-7-6-14(13)15/h3-5,12,16H,6-11H2,1-2H3. The number of fused-ring (bicyclic) bond motifs is 1. The van der Waals surface area contributed by atoms with Gasteiger partial charge in [-0.3, -0.25) is 0 Å².